The number of unbranched alkanes of at least 4 members (excludes halogenated alkanes) is 2. The van der Waals surface area contributed by atoms with E-state index in [2.05, 4.69) is 24.2 Å². The Labute approximate surface area is 113 Å². The number of nitrogens with zero attached hydrogens (tertiary/aromatic N) is 4. The van der Waals surface area contributed by atoms with Crippen molar-refractivity contribution in [2.45, 2.75) is 46.1 Å². The van der Waals surface area contributed by atoms with Crippen LogP contribution in [0.25, 0.3) is 0 Å². The second-order valence-corrected chi connectivity index (χ2v) is 4.55. The molecule has 0 atom stereocenters. The summed E-state index contributed by atoms with van der Waals surface area (Å²) in [6, 6.07) is 0. The van der Waals surface area contributed by atoms with E-state index < -0.39 is 0 Å². The molecule has 0 bridgehead atoms. The van der Waals surface area contributed by atoms with Crippen molar-refractivity contribution in [1.29, 1.82) is 0 Å². The van der Waals surface area contributed by atoms with E-state index in [-0.39, 0.29) is 18.1 Å². The minimum Gasteiger partial charge on any atom is -0.341 e. The van der Waals surface area contributed by atoms with E-state index in [1.165, 1.54) is 10.9 Å². The summed E-state index contributed by atoms with van der Waals surface area (Å²) in [5, 5.41) is 7.40. The van der Waals surface area contributed by atoms with Crippen LogP contribution in [0.3, 0.4) is 0 Å². The lowest BCUT2D eigenvalue weighted by Crippen LogP contribution is -2.35. The second kappa shape index (κ2) is 8.39. The Balaban J connectivity index is 2.56. The molecule has 19 heavy (non-hydrogen) atoms. The molecule has 1 rings (SSSR count). The second-order valence-electron chi connectivity index (χ2n) is 4.55. The first-order valence-corrected chi connectivity index (χ1v) is 6.84. The van der Waals surface area contributed by atoms with Crippen LogP contribution in [0, 0.1) is 0 Å². The molecule has 1 heterocycles. The fourth-order valence-electron chi connectivity index (χ4n) is 1.74. The maximum absolute atomic E-state index is 12.2. The molecule has 0 aliphatic rings. The van der Waals surface area contributed by atoms with E-state index in [0.717, 1.165) is 38.8 Å². The molecular formula is C13H22N4O2. The fourth-order valence-corrected chi connectivity index (χ4v) is 1.74. The van der Waals surface area contributed by atoms with E-state index in [4.69, 9.17) is 0 Å². The van der Waals surface area contributed by atoms with Gasteiger partial charge < -0.3 is 4.90 Å². The van der Waals surface area contributed by atoms with Crippen LogP contribution in [0.4, 0.5) is 0 Å². The first-order chi connectivity index (χ1) is 9.21. The SMILES string of the molecule is CCCCN(CCCC)C(=O)Cn1cc(C=O)nn1. The molecule has 1 amide bonds. The molecule has 0 spiro atoms. The van der Waals surface area contributed by atoms with Gasteiger partial charge in [0, 0.05) is 13.1 Å². The minimum atomic E-state index is 0.0317. The third-order valence-corrected chi connectivity index (χ3v) is 2.89. The summed E-state index contributed by atoms with van der Waals surface area (Å²) in [5.41, 5.74) is 0.251. The standard InChI is InChI=1S/C13H22N4O2/c1-3-5-7-16(8-6-4-2)13(19)10-17-9-12(11-18)14-15-17/h9,11H,3-8,10H2,1-2H3. The number of aromatic nitrogens is 3. The van der Waals surface area contributed by atoms with Gasteiger partial charge >= 0.3 is 0 Å². The summed E-state index contributed by atoms with van der Waals surface area (Å²) in [4.78, 5) is 24.6. The van der Waals surface area contributed by atoms with Crippen molar-refractivity contribution in [3.63, 3.8) is 0 Å². The van der Waals surface area contributed by atoms with Gasteiger partial charge in [0.15, 0.2) is 6.29 Å². The molecule has 0 fully saturated rings. The van der Waals surface area contributed by atoms with Gasteiger partial charge in [0.05, 0.1) is 6.20 Å². The van der Waals surface area contributed by atoms with Crippen LogP contribution in [0.1, 0.15) is 50.0 Å². The Kier molecular flexibility index (Phi) is 6.78. The van der Waals surface area contributed by atoms with Crippen LogP contribution in [0.5, 0.6) is 0 Å². The molecule has 0 aliphatic carbocycles. The molecule has 0 radical (unpaired) electrons. The maximum Gasteiger partial charge on any atom is 0.244 e. The largest absolute Gasteiger partial charge is 0.341 e. The van der Waals surface area contributed by atoms with Gasteiger partial charge in [-0.05, 0) is 12.8 Å². The smallest absolute Gasteiger partial charge is 0.244 e. The van der Waals surface area contributed by atoms with Gasteiger partial charge in [-0.1, -0.05) is 31.9 Å². The van der Waals surface area contributed by atoms with E-state index in [1.807, 2.05) is 4.90 Å². The zero-order valence-electron chi connectivity index (χ0n) is 11.7. The average molecular weight is 266 g/mol. The molecule has 0 unspecified atom stereocenters. The van der Waals surface area contributed by atoms with Gasteiger partial charge in [0.2, 0.25) is 5.91 Å². The highest BCUT2D eigenvalue weighted by Crippen LogP contribution is 2.02. The Morgan fingerprint density at radius 1 is 1.32 bits per heavy atom. The molecule has 0 aliphatic heterocycles. The van der Waals surface area contributed by atoms with Gasteiger partial charge in [-0.2, -0.15) is 0 Å². The van der Waals surface area contributed by atoms with E-state index in [0.29, 0.717) is 6.29 Å². The lowest BCUT2D eigenvalue weighted by Gasteiger charge is -2.22. The lowest BCUT2D eigenvalue weighted by atomic mass is 10.2. The highest BCUT2D eigenvalue weighted by Gasteiger charge is 2.14. The first kappa shape index (κ1) is 15.3. The molecule has 1 aromatic rings. The fraction of sp³-hybridized carbons (Fsp3) is 0.692. The number of aldehydes is 1. The number of carbonyl (C=O) groups excluding carboxylic acids is 2. The van der Waals surface area contributed by atoms with Crippen molar-refractivity contribution in [2.24, 2.45) is 0 Å². The normalized spacial score (nSPS) is 10.4. The zero-order valence-corrected chi connectivity index (χ0v) is 11.7. The number of carbonyl (C=O) groups is 2. The van der Waals surface area contributed by atoms with Crippen LogP contribution in [0.15, 0.2) is 6.20 Å². The van der Waals surface area contributed by atoms with Crippen LogP contribution in [-0.4, -0.2) is 45.2 Å². The molecule has 0 aromatic carbocycles. The number of amides is 1. The highest BCUT2D eigenvalue weighted by atomic mass is 16.2. The summed E-state index contributed by atoms with van der Waals surface area (Å²) in [6.07, 6.45) is 6.25. The Hall–Kier alpha value is -1.72. The third-order valence-electron chi connectivity index (χ3n) is 2.89. The van der Waals surface area contributed by atoms with Crippen LogP contribution >= 0.6 is 0 Å². The predicted molar refractivity (Wildman–Crippen MR) is 71.8 cm³/mol. The van der Waals surface area contributed by atoms with Crippen molar-refractivity contribution in [2.75, 3.05) is 13.1 Å². The summed E-state index contributed by atoms with van der Waals surface area (Å²) in [6.45, 7) is 5.93. The lowest BCUT2D eigenvalue weighted by molar-refractivity contribution is -0.132. The van der Waals surface area contributed by atoms with Crippen LogP contribution < -0.4 is 0 Å². The minimum absolute atomic E-state index is 0.0317. The highest BCUT2D eigenvalue weighted by molar-refractivity contribution is 5.76. The van der Waals surface area contributed by atoms with E-state index in [9.17, 15) is 9.59 Å². The molecule has 0 saturated heterocycles. The van der Waals surface area contributed by atoms with Crippen LogP contribution in [-0.2, 0) is 11.3 Å². The third kappa shape index (κ3) is 5.19. The molecule has 1 aromatic heterocycles. The summed E-state index contributed by atoms with van der Waals surface area (Å²) in [7, 11) is 0. The van der Waals surface area contributed by atoms with Gasteiger partial charge in [0.1, 0.15) is 12.2 Å². The zero-order chi connectivity index (χ0) is 14.1. The van der Waals surface area contributed by atoms with Crippen molar-refractivity contribution >= 4 is 12.2 Å². The molecule has 106 valence electrons. The summed E-state index contributed by atoms with van der Waals surface area (Å²) in [5.74, 6) is 0.0317. The quantitative estimate of drug-likeness (QED) is 0.635. The van der Waals surface area contributed by atoms with Gasteiger partial charge in [-0.15, -0.1) is 5.10 Å². The Morgan fingerprint density at radius 2 is 1.95 bits per heavy atom. The molecule has 6 nitrogen and oxygen atoms in total. The van der Waals surface area contributed by atoms with Crippen molar-refractivity contribution in [3.05, 3.63) is 11.9 Å². The van der Waals surface area contributed by atoms with Crippen molar-refractivity contribution in [3.8, 4) is 0 Å². The number of hydrogen-bond acceptors (Lipinski definition) is 4. The molecular weight excluding hydrogens is 244 g/mol. The Bertz CT molecular complexity index is 395. The number of hydrogen-bond donors (Lipinski definition) is 0. The molecule has 0 saturated carbocycles. The predicted octanol–water partition coefficient (Wildman–Crippen LogP) is 1.52. The van der Waals surface area contributed by atoms with Gasteiger partial charge in [0.25, 0.3) is 0 Å². The monoisotopic (exact) mass is 266 g/mol. The summed E-state index contributed by atoms with van der Waals surface area (Å²) < 4.78 is 1.41. The van der Waals surface area contributed by atoms with E-state index in [1.54, 1.807) is 0 Å². The first-order valence-electron chi connectivity index (χ1n) is 6.84. The average Bonchev–Trinajstić information content (AvgIpc) is 2.86. The van der Waals surface area contributed by atoms with Gasteiger partial charge in [-0.3, -0.25) is 9.59 Å². The molecule has 6 heteroatoms. The van der Waals surface area contributed by atoms with Crippen molar-refractivity contribution < 1.29 is 9.59 Å². The number of rotatable bonds is 9. The maximum atomic E-state index is 12.2. The van der Waals surface area contributed by atoms with E-state index >= 15 is 0 Å². The molecule has 0 N–H and O–H groups in total. The summed E-state index contributed by atoms with van der Waals surface area (Å²) >= 11 is 0. The van der Waals surface area contributed by atoms with Gasteiger partial charge in [-0.25, -0.2) is 4.68 Å². The van der Waals surface area contributed by atoms with Crippen molar-refractivity contribution in [1.82, 2.24) is 19.9 Å². The topological polar surface area (TPSA) is 68.1 Å². The Morgan fingerprint density at radius 3 is 2.42 bits per heavy atom. The van der Waals surface area contributed by atoms with Crippen LogP contribution in [0.2, 0.25) is 0 Å².